The standard InChI is InChI=1S/C15H20N2O2/c18-15(11-8-9-4-5-13(11)16-9)17-12-2-1-3-14-10(12)6-7-19-14/h6-7,9,11-13,16H,1-5,8H2,(H,17,18). The minimum Gasteiger partial charge on any atom is -0.469 e. The SMILES string of the molecule is O=C(NC1CCCc2occc21)C1CC2CCC1N2. The molecule has 0 spiro atoms. The molecule has 2 bridgehead atoms. The lowest BCUT2D eigenvalue weighted by Gasteiger charge is -2.26. The van der Waals surface area contributed by atoms with Crippen LogP contribution in [0, 0.1) is 5.92 Å². The molecule has 0 radical (unpaired) electrons. The van der Waals surface area contributed by atoms with E-state index in [0.717, 1.165) is 37.9 Å². The van der Waals surface area contributed by atoms with E-state index in [1.807, 2.05) is 6.07 Å². The first-order chi connectivity index (χ1) is 9.31. The van der Waals surface area contributed by atoms with Gasteiger partial charge in [-0.05, 0) is 38.2 Å². The average Bonchev–Trinajstić information content (AvgIpc) is 3.14. The molecule has 1 aromatic rings. The van der Waals surface area contributed by atoms with Crippen LogP contribution in [0.3, 0.4) is 0 Å². The summed E-state index contributed by atoms with van der Waals surface area (Å²) in [7, 11) is 0. The molecule has 1 aliphatic carbocycles. The number of nitrogens with one attached hydrogen (secondary N) is 2. The Morgan fingerprint density at radius 1 is 1.37 bits per heavy atom. The monoisotopic (exact) mass is 260 g/mol. The number of carbonyl (C=O) groups is 1. The van der Waals surface area contributed by atoms with Crippen molar-refractivity contribution in [2.24, 2.45) is 5.92 Å². The molecule has 3 heterocycles. The molecule has 19 heavy (non-hydrogen) atoms. The minimum atomic E-state index is 0.161. The van der Waals surface area contributed by atoms with Gasteiger partial charge in [0.05, 0.1) is 18.2 Å². The molecular weight excluding hydrogens is 240 g/mol. The maximum Gasteiger partial charge on any atom is 0.225 e. The van der Waals surface area contributed by atoms with Crippen LogP contribution in [0.1, 0.15) is 49.5 Å². The molecule has 2 fully saturated rings. The molecule has 4 nitrogen and oxygen atoms in total. The van der Waals surface area contributed by atoms with E-state index in [1.54, 1.807) is 6.26 Å². The number of aryl methyl sites for hydroxylation is 1. The summed E-state index contributed by atoms with van der Waals surface area (Å²) in [6.45, 7) is 0. The zero-order chi connectivity index (χ0) is 12.8. The fourth-order valence-corrected chi connectivity index (χ4v) is 4.03. The molecule has 0 aromatic carbocycles. The average molecular weight is 260 g/mol. The normalized spacial score (nSPS) is 36.2. The van der Waals surface area contributed by atoms with Crippen LogP contribution in [-0.2, 0) is 11.2 Å². The van der Waals surface area contributed by atoms with Gasteiger partial charge < -0.3 is 15.1 Å². The van der Waals surface area contributed by atoms with Gasteiger partial charge in [0.15, 0.2) is 0 Å². The Morgan fingerprint density at radius 2 is 2.32 bits per heavy atom. The number of amides is 1. The Bertz CT molecular complexity index is 496. The number of hydrogen-bond acceptors (Lipinski definition) is 3. The quantitative estimate of drug-likeness (QED) is 0.854. The molecular formula is C15H20N2O2. The van der Waals surface area contributed by atoms with E-state index < -0.39 is 0 Å². The number of carbonyl (C=O) groups excluding carboxylic acids is 1. The summed E-state index contributed by atoms with van der Waals surface area (Å²) >= 11 is 0. The van der Waals surface area contributed by atoms with Crippen molar-refractivity contribution in [2.75, 3.05) is 0 Å². The number of rotatable bonds is 2. The van der Waals surface area contributed by atoms with Crippen LogP contribution in [0.2, 0.25) is 0 Å². The second-order valence-electron chi connectivity index (χ2n) is 6.14. The van der Waals surface area contributed by atoms with Gasteiger partial charge in [-0.2, -0.15) is 0 Å². The summed E-state index contributed by atoms with van der Waals surface area (Å²) in [6, 6.07) is 3.17. The third-order valence-corrected chi connectivity index (χ3v) is 5.01. The number of furan rings is 1. The molecule has 2 aliphatic heterocycles. The third kappa shape index (κ3) is 1.89. The fourth-order valence-electron chi connectivity index (χ4n) is 4.03. The molecule has 4 unspecified atom stereocenters. The second-order valence-corrected chi connectivity index (χ2v) is 6.14. The first kappa shape index (κ1) is 11.5. The molecule has 3 aliphatic rings. The largest absolute Gasteiger partial charge is 0.469 e. The Kier molecular flexibility index (Phi) is 2.65. The highest BCUT2D eigenvalue weighted by atomic mass is 16.3. The van der Waals surface area contributed by atoms with Crippen molar-refractivity contribution in [1.82, 2.24) is 10.6 Å². The Labute approximate surface area is 112 Å². The van der Waals surface area contributed by atoms with E-state index in [4.69, 9.17) is 4.42 Å². The summed E-state index contributed by atoms with van der Waals surface area (Å²) < 4.78 is 5.48. The van der Waals surface area contributed by atoms with Crippen LogP contribution in [0.4, 0.5) is 0 Å². The van der Waals surface area contributed by atoms with Gasteiger partial charge in [0.25, 0.3) is 0 Å². The van der Waals surface area contributed by atoms with Gasteiger partial charge in [-0.1, -0.05) is 0 Å². The van der Waals surface area contributed by atoms with Gasteiger partial charge >= 0.3 is 0 Å². The van der Waals surface area contributed by atoms with Crippen molar-refractivity contribution in [3.8, 4) is 0 Å². The van der Waals surface area contributed by atoms with Crippen molar-refractivity contribution in [1.29, 1.82) is 0 Å². The molecule has 4 heteroatoms. The van der Waals surface area contributed by atoms with Gasteiger partial charge in [0.2, 0.25) is 5.91 Å². The number of hydrogen-bond donors (Lipinski definition) is 2. The maximum absolute atomic E-state index is 12.5. The first-order valence-electron chi connectivity index (χ1n) is 7.44. The minimum absolute atomic E-state index is 0.161. The van der Waals surface area contributed by atoms with Crippen molar-refractivity contribution in [3.63, 3.8) is 0 Å². The Balaban J connectivity index is 1.46. The topological polar surface area (TPSA) is 54.3 Å². The summed E-state index contributed by atoms with van der Waals surface area (Å²) in [4.78, 5) is 12.5. The van der Waals surface area contributed by atoms with Crippen LogP contribution < -0.4 is 10.6 Å². The van der Waals surface area contributed by atoms with Crippen LogP contribution >= 0.6 is 0 Å². The number of fused-ring (bicyclic) bond motifs is 3. The zero-order valence-corrected chi connectivity index (χ0v) is 11.0. The summed E-state index contributed by atoms with van der Waals surface area (Å²) in [5, 5.41) is 6.78. The summed E-state index contributed by atoms with van der Waals surface area (Å²) in [5.74, 6) is 1.47. The molecule has 4 rings (SSSR count). The molecule has 2 saturated heterocycles. The fraction of sp³-hybridized carbons (Fsp3) is 0.667. The van der Waals surface area contributed by atoms with Gasteiger partial charge in [0, 0.05) is 24.1 Å². The predicted molar refractivity (Wildman–Crippen MR) is 70.6 cm³/mol. The summed E-state index contributed by atoms with van der Waals surface area (Å²) in [6.07, 6.45) is 8.29. The van der Waals surface area contributed by atoms with Crippen LogP contribution in [0.15, 0.2) is 16.7 Å². The van der Waals surface area contributed by atoms with Crippen LogP contribution in [0.25, 0.3) is 0 Å². The lowest BCUT2D eigenvalue weighted by Crippen LogP contribution is -2.40. The second kappa shape index (κ2) is 4.37. The van der Waals surface area contributed by atoms with Gasteiger partial charge in [0.1, 0.15) is 5.76 Å². The Morgan fingerprint density at radius 3 is 3.11 bits per heavy atom. The highest BCUT2D eigenvalue weighted by molar-refractivity contribution is 5.80. The molecule has 4 atom stereocenters. The molecule has 102 valence electrons. The van der Waals surface area contributed by atoms with Crippen molar-refractivity contribution in [3.05, 3.63) is 23.7 Å². The highest BCUT2D eigenvalue weighted by Crippen LogP contribution is 2.35. The molecule has 2 N–H and O–H groups in total. The lowest BCUT2D eigenvalue weighted by atomic mass is 9.87. The van der Waals surface area contributed by atoms with Crippen LogP contribution in [-0.4, -0.2) is 18.0 Å². The van der Waals surface area contributed by atoms with E-state index in [9.17, 15) is 4.79 Å². The van der Waals surface area contributed by atoms with Crippen molar-refractivity contribution >= 4 is 5.91 Å². The molecule has 1 aromatic heterocycles. The molecule has 1 amide bonds. The zero-order valence-electron chi connectivity index (χ0n) is 11.0. The lowest BCUT2D eigenvalue weighted by molar-refractivity contribution is -0.126. The third-order valence-electron chi connectivity index (χ3n) is 5.01. The van der Waals surface area contributed by atoms with Crippen molar-refractivity contribution in [2.45, 2.75) is 56.7 Å². The van der Waals surface area contributed by atoms with E-state index in [2.05, 4.69) is 10.6 Å². The first-order valence-corrected chi connectivity index (χ1v) is 7.44. The van der Waals surface area contributed by atoms with Gasteiger partial charge in [-0.25, -0.2) is 0 Å². The van der Waals surface area contributed by atoms with E-state index in [1.165, 1.54) is 12.0 Å². The van der Waals surface area contributed by atoms with Gasteiger partial charge in [-0.3, -0.25) is 4.79 Å². The highest BCUT2D eigenvalue weighted by Gasteiger charge is 2.43. The van der Waals surface area contributed by atoms with E-state index in [0.29, 0.717) is 12.1 Å². The predicted octanol–water partition coefficient (Wildman–Crippen LogP) is 1.91. The van der Waals surface area contributed by atoms with E-state index in [-0.39, 0.29) is 17.9 Å². The Hall–Kier alpha value is -1.29. The van der Waals surface area contributed by atoms with E-state index >= 15 is 0 Å². The summed E-state index contributed by atoms with van der Waals surface area (Å²) in [5.41, 5.74) is 1.19. The van der Waals surface area contributed by atoms with Crippen molar-refractivity contribution < 1.29 is 9.21 Å². The smallest absolute Gasteiger partial charge is 0.225 e. The van der Waals surface area contributed by atoms with Gasteiger partial charge in [-0.15, -0.1) is 0 Å². The maximum atomic E-state index is 12.5. The molecule has 0 saturated carbocycles. The van der Waals surface area contributed by atoms with Crippen LogP contribution in [0.5, 0.6) is 0 Å².